The fourth-order valence-corrected chi connectivity index (χ4v) is 2.56. The molecule has 1 aliphatic rings. The third-order valence-corrected chi connectivity index (χ3v) is 3.82. The second kappa shape index (κ2) is 6.86. The summed E-state index contributed by atoms with van der Waals surface area (Å²) >= 11 is 0. The summed E-state index contributed by atoms with van der Waals surface area (Å²) < 4.78 is 0. The van der Waals surface area contributed by atoms with Crippen LogP contribution in [0.5, 0.6) is 0 Å². The molecule has 1 aromatic rings. The van der Waals surface area contributed by atoms with Gasteiger partial charge in [-0.15, -0.1) is 0 Å². The summed E-state index contributed by atoms with van der Waals surface area (Å²) in [6, 6.07) is 6.49. The van der Waals surface area contributed by atoms with Crippen LogP contribution in [-0.4, -0.2) is 55.5 Å². The predicted octanol–water partition coefficient (Wildman–Crippen LogP) is 1.17. The molecule has 1 heterocycles. The van der Waals surface area contributed by atoms with E-state index in [1.165, 1.54) is 16.7 Å². The largest absolute Gasteiger partial charge is 0.339 e. The van der Waals surface area contributed by atoms with Gasteiger partial charge in [0.15, 0.2) is 0 Å². The standard InChI is InChI=1S/C16H25N3O/c1-13-4-5-14(2)15(10-13)11-18(3)12-16(20)19-8-6-17-7-9-19/h4-5,10,17H,6-9,11-12H2,1-3H3. The van der Waals surface area contributed by atoms with Gasteiger partial charge in [-0.1, -0.05) is 23.8 Å². The van der Waals surface area contributed by atoms with Crippen LogP contribution in [0.25, 0.3) is 0 Å². The van der Waals surface area contributed by atoms with E-state index in [1.54, 1.807) is 0 Å². The fraction of sp³-hybridized carbons (Fsp3) is 0.562. The van der Waals surface area contributed by atoms with Crippen molar-refractivity contribution >= 4 is 5.91 Å². The zero-order valence-electron chi connectivity index (χ0n) is 12.8. The molecule has 0 saturated carbocycles. The van der Waals surface area contributed by atoms with E-state index < -0.39 is 0 Å². The van der Waals surface area contributed by atoms with Crippen molar-refractivity contribution in [1.29, 1.82) is 0 Å². The van der Waals surface area contributed by atoms with Gasteiger partial charge in [0, 0.05) is 32.7 Å². The zero-order valence-corrected chi connectivity index (χ0v) is 12.8. The number of benzene rings is 1. The Morgan fingerprint density at radius 2 is 2.00 bits per heavy atom. The first-order chi connectivity index (χ1) is 9.56. The first kappa shape index (κ1) is 15.0. The fourth-order valence-electron chi connectivity index (χ4n) is 2.56. The van der Waals surface area contributed by atoms with Crippen LogP contribution < -0.4 is 5.32 Å². The second-order valence-electron chi connectivity index (χ2n) is 5.73. The van der Waals surface area contributed by atoms with Crippen molar-refractivity contribution in [3.63, 3.8) is 0 Å². The number of carbonyl (C=O) groups excluding carboxylic acids is 1. The molecule has 0 aliphatic carbocycles. The molecule has 110 valence electrons. The Morgan fingerprint density at radius 1 is 1.30 bits per heavy atom. The lowest BCUT2D eigenvalue weighted by molar-refractivity contribution is -0.132. The maximum absolute atomic E-state index is 12.2. The second-order valence-corrected chi connectivity index (χ2v) is 5.73. The van der Waals surface area contributed by atoms with Gasteiger partial charge >= 0.3 is 0 Å². The van der Waals surface area contributed by atoms with Gasteiger partial charge in [0.2, 0.25) is 5.91 Å². The summed E-state index contributed by atoms with van der Waals surface area (Å²) in [7, 11) is 2.02. The number of carbonyl (C=O) groups is 1. The lowest BCUT2D eigenvalue weighted by Crippen LogP contribution is -2.49. The van der Waals surface area contributed by atoms with Gasteiger partial charge in [-0.2, -0.15) is 0 Å². The number of amides is 1. The smallest absolute Gasteiger partial charge is 0.236 e. The van der Waals surface area contributed by atoms with Crippen molar-refractivity contribution < 1.29 is 4.79 Å². The molecule has 20 heavy (non-hydrogen) atoms. The van der Waals surface area contributed by atoms with E-state index in [-0.39, 0.29) is 5.91 Å². The van der Waals surface area contributed by atoms with Gasteiger partial charge in [0.1, 0.15) is 0 Å². The number of nitrogens with zero attached hydrogens (tertiary/aromatic N) is 2. The number of piperazine rings is 1. The molecule has 0 atom stereocenters. The maximum Gasteiger partial charge on any atom is 0.236 e. The van der Waals surface area contributed by atoms with Gasteiger partial charge in [-0.25, -0.2) is 0 Å². The molecule has 4 nitrogen and oxygen atoms in total. The molecule has 0 radical (unpaired) electrons. The minimum Gasteiger partial charge on any atom is -0.339 e. The van der Waals surface area contributed by atoms with Gasteiger partial charge in [-0.3, -0.25) is 9.69 Å². The first-order valence-electron chi connectivity index (χ1n) is 7.29. The molecular formula is C16H25N3O. The molecule has 1 aromatic carbocycles. The number of rotatable bonds is 4. The van der Waals surface area contributed by atoms with Crippen molar-refractivity contribution in [1.82, 2.24) is 15.1 Å². The van der Waals surface area contributed by atoms with Crippen molar-refractivity contribution in [2.75, 3.05) is 39.8 Å². The van der Waals surface area contributed by atoms with Crippen molar-refractivity contribution in [2.24, 2.45) is 0 Å². The van der Waals surface area contributed by atoms with Crippen molar-refractivity contribution in [3.05, 3.63) is 34.9 Å². The predicted molar refractivity (Wildman–Crippen MR) is 81.7 cm³/mol. The van der Waals surface area contributed by atoms with Crippen molar-refractivity contribution in [3.8, 4) is 0 Å². The first-order valence-corrected chi connectivity index (χ1v) is 7.29. The number of hydrogen-bond acceptors (Lipinski definition) is 3. The summed E-state index contributed by atoms with van der Waals surface area (Å²) in [5, 5.41) is 3.27. The van der Waals surface area contributed by atoms with E-state index in [4.69, 9.17) is 0 Å². The molecule has 1 saturated heterocycles. The monoisotopic (exact) mass is 275 g/mol. The normalized spacial score (nSPS) is 15.7. The van der Waals surface area contributed by atoms with Crippen LogP contribution in [-0.2, 0) is 11.3 Å². The summed E-state index contributed by atoms with van der Waals surface area (Å²) in [4.78, 5) is 16.3. The molecular weight excluding hydrogens is 250 g/mol. The highest BCUT2D eigenvalue weighted by molar-refractivity contribution is 5.78. The van der Waals surface area contributed by atoms with E-state index >= 15 is 0 Å². The molecule has 4 heteroatoms. The van der Waals surface area contributed by atoms with Crippen LogP contribution in [0.1, 0.15) is 16.7 Å². The van der Waals surface area contributed by atoms with E-state index in [9.17, 15) is 4.79 Å². The molecule has 0 spiro atoms. The van der Waals surface area contributed by atoms with Crippen LogP contribution >= 0.6 is 0 Å². The van der Waals surface area contributed by atoms with Crippen LogP contribution in [0.15, 0.2) is 18.2 Å². The van der Waals surface area contributed by atoms with Gasteiger partial charge < -0.3 is 10.2 Å². The molecule has 1 amide bonds. The van der Waals surface area contributed by atoms with Gasteiger partial charge in [-0.05, 0) is 32.0 Å². The maximum atomic E-state index is 12.2. The summed E-state index contributed by atoms with van der Waals surface area (Å²) in [6.07, 6.45) is 0. The SMILES string of the molecule is Cc1ccc(C)c(CN(C)CC(=O)N2CCNCC2)c1. The number of likely N-dealkylation sites (N-methyl/N-ethyl adjacent to an activating group) is 1. The van der Waals surface area contributed by atoms with E-state index in [1.807, 2.05) is 11.9 Å². The molecule has 0 bridgehead atoms. The molecule has 1 aliphatic heterocycles. The minimum atomic E-state index is 0.235. The minimum absolute atomic E-state index is 0.235. The van der Waals surface area contributed by atoms with Gasteiger partial charge in [0.05, 0.1) is 6.54 Å². The van der Waals surface area contributed by atoms with Crippen molar-refractivity contribution in [2.45, 2.75) is 20.4 Å². The number of nitrogens with one attached hydrogen (secondary N) is 1. The highest BCUT2D eigenvalue weighted by Gasteiger charge is 2.17. The Kier molecular flexibility index (Phi) is 5.15. The molecule has 0 unspecified atom stereocenters. The Bertz CT molecular complexity index is 467. The third kappa shape index (κ3) is 4.05. The Labute approximate surface area is 121 Å². The highest BCUT2D eigenvalue weighted by Crippen LogP contribution is 2.12. The molecule has 0 aromatic heterocycles. The molecule has 2 rings (SSSR count). The summed E-state index contributed by atoms with van der Waals surface area (Å²) in [5.41, 5.74) is 3.87. The Balaban J connectivity index is 1.89. The topological polar surface area (TPSA) is 35.6 Å². The average Bonchev–Trinajstić information content (AvgIpc) is 2.43. The zero-order chi connectivity index (χ0) is 14.5. The van der Waals surface area contributed by atoms with Crippen LogP contribution in [0.2, 0.25) is 0 Å². The number of hydrogen-bond donors (Lipinski definition) is 1. The average molecular weight is 275 g/mol. The van der Waals surface area contributed by atoms with Crippen LogP contribution in [0, 0.1) is 13.8 Å². The lowest BCUT2D eigenvalue weighted by atomic mass is 10.1. The number of aryl methyl sites for hydroxylation is 2. The third-order valence-electron chi connectivity index (χ3n) is 3.82. The Morgan fingerprint density at radius 3 is 2.70 bits per heavy atom. The quantitative estimate of drug-likeness (QED) is 0.896. The Hall–Kier alpha value is -1.39. The van der Waals surface area contributed by atoms with E-state index in [0.717, 1.165) is 32.7 Å². The van der Waals surface area contributed by atoms with E-state index in [2.05, 4.69) is 42.3 Å². The lowest BCUT2D eigenvalue weighted by Gasteiger charge is -2.29. The van der Waals surface area contributed by atoms with Crippen LogP contribution in [0.3, 0.4) is 0 Å². The molecule has 1 fully saturated rings. The van der Waals surface area contributed by atoms with E-state index in [0.29, 0.717) is 6.54 Å². The van der Waals surface area contributed by atoms with Gasteiger partial charge in [0.25, 0.3) is 0 Å². The molecule has 1 N–H and O–H groups in total. The van der Waals surface area contributed by atoms with Crippen LogP contribution in [0.4, 0.5) is 0 Å². The summed E-state index contributed by atoms with van der Waals surface area (Å²) in [6.45, 7) is 9.03. The summed E-state index contributed by atoms with van der Waals surface area (Å²) in [5.74, 6) is 0.235. The highest BCUT2D eigenvalue weighted by atomic mass is 16.2.